The van der Waals surface area contributed by atoms with Gasteiger partial charge in [0, 0.05) is 11.0 Å². The second kappa shape index (κ2) is 5.33. The first-order chi connectivity index (χ1) is 7.74. The summed E-state index contributed by atoms with van der Waals surface area (Å²) in [7, 11) is 0. The number of hydrogen-bond donors (Lipinski definition) is 0. The molecule has 1 aromatic rings. The fourth-order valence-electron chi connectivity index (χ4n) is 2.38. The second-order valence-corrected chi connectivity index (χ2v) is 5.56. The zero-order chi connectivity index (χ0) is 11.5. The maximum absolute atomic E-state index is 3.48. The van der Waals surface area contributed by atoms with E-state index in [-0.39, 0.29) is 0 Å². The molecule has 1 nitrogen and oxygen atoms in total. The van der Waals surface area contributed by atoms with Crippen LogP contribution in [-0.2, 0) is 0 Å². The molecule has 1 aliphatic rings. The van der Waals surface area contributed by atoms with E-state index in [0.29, 0.717) is 0 Å². The average molecular weight is 282 g/mol. The average Bonchev–Trinajstić information content (AvgIpc) is 3.06. The molecule has 0 radical (unpaired) electrons. The predicted molar refractivity (Wildman–Crippen MR) is 72.8 cm³/mol. The van der Waals surface area contributed by atoms with E-state index in [9.17, 15) is 0 Å². The Kier molecular flexibility index (Phi) is 4.04. The van der Waals surface area contributed by atoms with E-state index < -0.39 is 0 Å². The molecule has 2 atom stereocenters. The van der Waals surface area contributed by atoms with Crippen molar-refractivity contribution in [3.63, 3.8) is 0 Å². The lowest BCUT2D eigenvalue weighted by atomic mass is 10.1. The van der Waals surface area contributed by atoms with E-state index in [2.05, 4.69) is 58.9 Å². The maximum Gasteiger partial charge on any atom is 0.0175 e. The molecule has 1 fully saturated rings. The Bertz CT molecular complexity index is 329. The van der Waals surface area contributed by atoms with Gasteiger partial charge in [-0.1, -0.05) is 41.9 Å². The van der Waals surface area contributed by atoms with Crippen molar-refractivity contribution < 1.29 is 0 Å². The van der Waals surface area contributed by atoms with Crippen LogP contribution in [0.2, 0.25) is 0 Å². The highest BCUT2D eigenvalue weighted by Gasteiger charge is 2.38. The first kappa shape index (κ1) is 12.1. The van der Waals surface area contributed by atoms with Gasteiger partial charge in [-0.25, -0.2) is 0 Å². The molecule has 2 rings (SSSR count). The third kappa shape index (κ3) is 2.86. The summed E-state index contributed by atoms with van der Waals surface area (Å²) < 4.78 is 1.18. The van der Waals surface area contributed by atoms with E-state index >= 15 is 0 Å². The van der Waals surface area contributed by atoms with Crippen molar-refractivity contribution in [1.29, 1.82) is 0 Å². The molecule has 0 saturated heterocycles. The molecule has 0 unspecified atom stereocenters. The minimum atomic E-state index is 0.814. The van der Waals surface area contributed by atoms with Crippen molar-refractivity contribution in [3.8, 4) is 0 Å². The van der Waals surface area contributed by atoms with Gasteiger partial charge in [0.1, 0.15) is 0 Å². The molecular weight excluding hydrogens is 262 g/mol. The third-order valence-corrected chi connectivity index (χ3v) is 4.14. The largest absolute Gasteiger partial charge is 0.304 e. The summed E-state index contributed by atoms with van der Waals surface area (Å²) in [4.78, 5) is 2.53. The molecule has 88 valence electrons. The number of nitrogens with zero attached hydrogens (tertiary/aromatic N) is 1. The van der Waals surface area contributed by atoms with E-state index in [1.54, 1.807) is 0 Å². The summed E-state index contributed by atoms with van der Waals surface area (Å²) in [6.07, 6.45) is 1.37. The lowest BCUT2D eigenvalue weighted by molar-refractivity contribution is 0.289. The van der Waals surface area contributed by atoms with Crippen LogP contribution in [0.4, 0.5) is 0 Å². The Morgan fingerprint density at radius 3 is 2.38 bits per heavy atom. The number of hydrogen-bond acceptors (Lipinski definition) is 1. The molecular formula is C14H20BrN. The van der Waals surface area contributed by atoms with Crippen molar-refractivity contribution in [2.75, 3.05) is 19.6 Å². The van der Waals surface area contributed by atoms with Crippen molar-refractivity contribution in [1.82, 2.24) is 4.90 Å². The fourth-order valence-corrected chi connectivity index (χ4v) is 2.65. The molecule has 1 aliphatic carbocycles. The van der Waals surface area contributed by atoms with Crippen LogP contribution < -0.4 is 0 Å². The van der Waals surface area contributed by atoms with E-state index in [0.717, 1.165) is 11.8 Å². The van der Waals surface area contributed by atoms with Crippen molar-refractivity contribution in [2.24, 2.45) is 5.92 Å². The van der Waals surface area contributed by atoms with Crippen LogP contribution in [0.3, 0.4) is 0 Å². The molecule has 0 bridgehead atoms. The van der Waals surface area contributed by atoms with Gasteiger partial charge < -0.3 is 4.90 Å². The first-order valence-electron chi connectivity index (χ1n) is 6.22. The standard InChI is InChI=1S/C14H20BrN/c1-3-16(4-2)10-12-9-14(12)11-5-7-13(15)8-6-11/h5-8,12,14H,3-4,9-10H2,1-2H3/t12-,14-/m1/s1. The van der Waals surface area contributed by atoms with Gasteiger partial charge in [-0.3, -0.25) is 0 Å². The Hall–Kier alpha value is -0.340. The minimum Gasteiger partial charge on any atom is -0.304 e. The summed E-state index contributed by atoms with van der Waals surface area (Å²) in [5.41, 5.74) is 1.51. The molecule has 1 saturated carbocycles. The van der Waals surface area contributed by atoms with Crippen LogP contribution in [-0.4, -0.2) is 24.5 Å². The minimum absolute atomic E-state index is 0.814. The lowest BCUT2D eigenvalue weighted by Gasteiger charge is -2.17. The molecule has 2 heteroatoms. The molecule has 0 spiro atoms. The van der Waals surface area contributed by atoms with Gasteiger partial charge in [0.05, 0.1) is 0 Å². The summed E-state index contributed by atoms with van der Waals surface area (Å²) in [6.45, 7) is 8.13. The zero-order valence-corrected chi connectivity index (χ0v) is 11.7. The van der Waals surface area contributed by atoms with Crippen LogP contribution >= 0.6 is 15.9 Å². The van der Waals surface area contributed by atoms with Crippen LogP contribution in [0.15, 0.2) is 28.7 Å². The molecule has 16 heavy (non-hydrogen) atoms. The van der Waals surface area contributed by atoms with Gasteiger partial charge in [0.25, 0.3) is 0 Å². The van der Waals surface area contributed by atoms with Gasteiger partial charge in [-0.05, 0) is 49.0 Å². The Labute approximate surface area is 107 Å². The number of halogens is 1. The highest BCUT2D eigenvalue weighted by atomic mass is 79.9. The second-order valence-electron chi connectivity index (χ2n) is 4.64. The van der Waals surface area contributed by atoms with Crippen LogP contribution in [0.25, 0.3) is 0 Å². The smallest absolute Gasteiger partial charge is 0.0175 e. The van der Waals surface area contributed by atoms with E-state index in [1.165, 1.54) is 36.1 Å². The molecule has 0 heterocycles. The highest BCUT2D eigenvalue weighted by Crippen LogP contribution is 2.47. The zero-order valence-electron chi connectivity index (χ0n) is 10.1. The van der Waals surface area contributed by atoms with Crippen LogP contribution in [0.5, 0.6) is 0 Å². The fraction of sp³-hybridized carbons (Fsp3) is 0.571. The van der Waals surface area contributed by atoms with E-state index in [4.69, 9.17) is 0 Å². The van der Waals surface area contributed by atoms with Crippen molar-refractivity contribution in [2.45, 2.75) is 26.2 Å². The summed E-state index contributed by atoms with van der Waals surface area (Å²) in [6, 6.07) is 8.83. The number of rotatable bonds is 5. The SMILES string of the molecule is CCN(CC)C[C@H]1C[C@@H]1c1ccc(Br)cc1. The lowest BCUT2D eigenvalue weighted by Crippen LogP contribution is -2.25. The van der Waals surface area contributed by atoms with Crippen molar-refractivity contribution in [3.05, 3.63) is 34.3 Å². The molecule has 0 aliphatic heterocycles. The number of benzene rings is 1. The normalized spacial score (nSPS) is 23.8. The Balaban J connectivity index is 1.89. The highest BCUT2D eigenvalue weighted by molar-refractivity contribution is 9.10. The Morgan fingerprint density at radius 2 is 1.81 bits per heavy atom. The molecule has 0 N–H and O–H groups in total. The van der Waals surface area contributed by atoms with Crippen molar-refractivity contribution >= 4 is 15.9 Å². The summed E-state index contributed by atoms with van der Waals surface area (Å²) in [5.74, 6) is 1.70. The topological polar surface area (TPSA) is 3.24 Å². The van der Waals surface area contributed by atoms with Gasteiger partial charge in [-0.2, -0.15) is 0 Å². The maximum atomic E-state index is 3.48. The third-order valence-electron chi connectivity index (χ3n) is 3.61. The van der Waals surface area contributed by atoms with Crippen LogP contribution in [0, 0.1) is 5.92 Å². The van der Waals surface area contributed by atoms with Crippen LogP contribution in [0.1, 0.15) is 31.7 Å². The summed E-state index contributed by atoms with van der Waals surface area (Å²) in [5, 5.41) is 0. The van der Waals surface area contributed by atoms with E-state index in [1.807, 2.05) is 0 Å². The Morgan fingerprint density at radius 1 is 1.19 bits per heavy atom. The van der Waals surface area contributed by atoms with Gasteiger partial charge >= 0.3 is 0 Å². The first-order valence-corrected chi connectivity index (χ1v) is 7.01. The van der Waals surface area contributed by atoms with Gasteiger partial charge in [0.2, 0.25) is 0 Å². The molecule has 1 aromatic carbocycles. The predicted octanol–water partition coefficient (Wildman–Crippen LogP) is 3.89. The van der Waals surface area contributed by atoms with Gasteiger partial charge in [0.15, 0.2) is 0 Å². The summed E-state index contributed by atoms with van der Waals surface area (Å²) >= 11 is 3.48. The molecule has 0 aromatic heterocycles. The monoisotopic (exact) mass is 281 g/mol. The quantitative estimate of drug-likeness (QED) is 0.792. The molecule has 0 amide bonds. The van der Waals surface area contributed by atoms with Gasteiger partial charge in [-0.15, -0.1) is 0 Å².